The Balaban J connectivity index is 2.30. The number of nitro benzene ring substituents is 1. The Hall–Kier alpha value is -1.51. The first-order valence-corrected chi connectivity index (χ1v) is 7.59. The van der Waals surface area contributed by atoms with Crippen LogP contribution in [0.2, 0.25) is 0 Å². The van der Waals surface area contributed by atoms with Crippen molar-refractivity contribution in [2.24, 2.45) is 11.1 Å². The summed E-state index contributed by atoms with van der Waals surface area (Å²) >= 11 is 0. The fourth-order valence-electron chi connectivity index (χ4n) is 2.17. The second-order valence-corrected chi connectivity index (χ2v) is 7.58. The van der Waals surface area contributed by atoms with Gasteiger partial charge in [0.1, 0.15) is 0 Å². The zero-order chi connectivity index (χ0) is 15.1. The van der Waals surface area contributed by atoms with Gasteiger partial charge in [-0.15, -0.1) is 0 Å². The van der Waals surface area contributed by atoms with Crippen LogP contribution in [0.15, 0.2) is 29.2 Å². The standard InChI is InChI=1S/C12H17N3O4S/c1-12(2)8-14(7-11(12)13)20(18,19)10-5-3-9(4-6-10)15(16)17/h3-6,11H,7-8,13H2,1-2H3. The molecule has 7 nitrogen and oxygen atoms in total. The summed E-state index contributed by atoms with van der Waals surface area (Å²) in [7, 11) is -3.65. The van der Waals surface area contributed by atoms with E-state index < -0.39 is 14.9 Å². The van der Waals surface area contributed by atoms with Crippen molar-refractivity contribution in [3.05, 3.63) is 34.4 Å². The average Bonchev–Trinajstić information content (AvgIpc) is 2.64. The van der Waals surface area contributed by atoms with E-state index in [0.29, 0.717) is 6.54 Å². The molecule has 8 heteroatoms. The highest BCUT2D eigenvalue weighted by Gasteiger charge is 2.42. The number of benzene rings is 1. The quantitative estimate of drug-likeness (QED) is 0.660. The van der Waals surface area contributed by atoms with Gasteiger partial charge >= 0.3 is 0 Å². The second kappa shape index (κ2) is 4.80. The van der Waals surface area contributed by atoms with Crippen molar-refractivity contribution < 1.29 is 13.3 Å². The third-order valence-corrected chi connectivity index (χ3v) is 5.50. The fraction of sp³-hybridized carbons (Fsp3) is 0.500. The minimum Gasteiger partial charge on any atom is -0.326 e. The van der Waals surface area contributed by atoms with Gasteiger partial charge in [0.2, 0.25) is 10.0 Å². The number of rotatable bonds is 3. The SMILES string of the molecule is CC1(C)CN(S(=O)(=O)c2ccc([N+](=O)[O-])cc2)CC1N. The number of nitrogens with two attached hydrogens (primary N) is 1. The lowest BCUT2D eigenvalue weighted by Gasteiger charge is -2.21. The molecule has 20 heavy (non-hydrogen) atoms. The predicted molar refractivity (Wildman–Crippen MR) is 73.6 cm³/mol. The van der Waals surface area contributed by atoms with Gasteiger partial charge < -0.3 is 5.73 Å². The molecular weight excluding hydrogens is 282 g/mol. The Bertz CT molecular complexity index is 625. The van der Waals surface area contributed by atoms with Crippen molar-refractivity contribution >= 4 is 15.7 Å². The van der Waals surface area contributed by atoms with Gasteiger partial charge in [-0.3, -0.25) is 10.1 Å². The topological polar surface area (TPSA) is 107 Å². The Kier molecular flexibility index (Phi) is 3.57. The number of sulfonamides is 1. The maximum Gasteiger partial charge on any atom is 0.269 e. The Morgan fingerprint density at radius 2 is 1.90 bits per heavy atom. The predicted octanol–water partition coefficient (Wildman–Crippen LogP) is 0.953. The number of non-ortho nitro benzene ring substituents is 1. The third kappa shape index (κ3) is 2.54. The minimum absolute atomic E-state index is 0.0491. The van der Waals surface area contributed by atoms with Gasteiger partial charge in [-0.05, 0) is 17.5 Å². The summed E-state index contributed by atoms with van der Waals surface area (Å²) in [6.45, 7) is 4.44. The molecule has 0 amide bonds. The first-order chi connectivity index (χ1) is 9.14. The Labute approximate surface area is 117 Å². The minimum atomic E-state index is -3.65. The summed E-state index contributed by atoms with van der Waals surface area (Å²) in [6, 6.07) is 4.66. The Morgan fingerprint density at radius 3 is 2.30 bits per heavy atom. The van der Waals surface area contributed by atoms with E-state index >= 15 is 0 Å². The molecule has 0 radical (unpaired) electrons. The summed E-state index contributed by atoms with van der Waals surface area (Å²) in [5.74, 6) is 0. The smallest absolute Gasteiger partial charge is 0.269 e. The van der Waals surface area contributed by atoms with Crippen LogP contribution in [0.25, 0.3) is 0 Å². The third-order valence-electron chi connectivity index (χ3n) is 3.67. The molecule has 0 spiro atoms. The molecule has 0 aliphatic carbocycles. The molecule has 1 atom stereocenters. The van der Waals surface area contributed by atoms with Crippen LogP contribution in [0, 0.1) is 15.5 Å². The molecule has 1 fully saturated rings. The fourth-order valence-corrected chi connectivity index (χ4v) is 3.81. The van der Waals surface area contributed by atoms with Crippen molar-refractivity contribution in [2.75, 3.05) is 13.1 Å². The lowest BCUT2D eigenvalue weighted by molar-refractivity contribution is -0.384. The number of nitro groups is 1. The van der Waals surface area contributed by atoms with E-state index in [1.165, 1.54) is 28.6 Å². The van der Waals surface area contributed by atoms with E-state index in [-0.39, 0.29) is 28.6 Å². The summed E-state index contributed by atoms with van der Waals surface area (Å²) in [6.07, 6.45) is 0. The van der Waals surface area contributed by atoms with Crippen LogP contribution < -0.4 is 5.73 Å². The highest BCUT2D eigenvalue weighted by Crippen LogP contribution is 2.32. The van der Waals surface area contributed by atoms with E-state index in [1.807, 2.05) is 13.8 Å². The first-order valence-electron chi connectivity index (χ1n) is 6.15. The summed E-state index contributed by atoms with van der Waals surface area (Å²) in [4.78, 5) is 10.1. The zero-order valence-corrected chi connectivity index (χ0v) is 12.1. The molecule has 1 heterocycles. The van der Waals surface area contributed by atoms with Crippen molar-refractivity contribution in [3.63, 3.8) is 0 Å². The monoisotopic (exact) mass is 299 g/mol. The van der Waals surface area contributed by atoms with Gasteiger partial charge in [-0.2, -0.15) is 4.31 Å². The zero-order valence-electron chi connectivity index (χ0n) is 11.3. The van der Waals surface area contributed by atoms with Crippen LogP contribution in [0.3, 0.4) is 0 Å². The molecular formula is C12H17N3O4S. The molecule has 0 saturated carbocycles. The second-order valence-electron chi connectivity index (χ2n) is 5.64. The van der Waals surface area contributed by atoms with Crippen molar-refractivity contribution in [2.45, 2.75) is 24.8 Å². The molecule has 0 bridgehead atoms. The van der Waals surface area contributed by atoms with Crippen LogP contribution >= 0.6 is 0 Å². The van der Waals surface area contributed by atoms with Gasteiger partial charge in [-0.25, -0.2) is 8.42 Å². The van der Waals surface area contributed by atoms with Gasteiger partial charge in [-0.1, -0.05) is 13.8 Å². The van der Waals surface area contributed by atoms with Crippen LogP contribution in [0.5, 0.6) is 0 Å². The highest BCUT2D eigenvalue weighted by atomic mass is 32.2. The van der Waals surface area contributed by atoms with Crippen LogP contribution in [0.4, 0.5) is 5.69 Å². The molecule has 2 N–H and O–H groups in total. The van der Waals surface area contributed by atoms with Crippen molar-refractivity contribution in [1.29, 1.82) is 0 Å². The molecule has 110 valence electrons. The van der Waals surface area contributed by atoms with Gasteiger partial charge in [0.05, 0.1) is 9.82 Å². The molecule has 1 aromatic rings. The van der Waals surface area contributed by atoms with E-state index in [9.17, 15) is 18.5 Å². The molecule has 1 aromatic carbocycles. The van der Waals surface area contributed by atoms with Crippen LogP contribution in [-0.2, 0) is 10.0 Å². The molecule has 2 rings (SSSR count). The maximum atomic E-state index is 12.4. The van der Waals surface area contributed by atoms with E-state index in [2.05, 4.69) is 0 Å². The maximum absolute atomic E-state index is 12.4. The van der Waals surface area contributed by atoms with Gasteiger partial charge in [0, 0.05) is 31.3 Å². The van der Waals surface area contributed by atoms with Gasteiger partial charge in [0.25, 0.3) is 5.69 Å². The van der Waals surface area contributed by atoms with Crippen LogP contribution in [-0.4, -0.2) is 36.8 Å². The number of nitrogens with zero attached hydrogens (tertiary/aromatic N) is 2. The lowest BCUT2D eigenvalue weighted by atomic mass is 9.89. The number of hydrogen-bond acceptors (Lipinski definition) is 5. The average molecular weight is 299 g/mol. The Morgan fingerprint density at radius 1 is 1.35 bits per heavy atom. The van der Waals surface area contributed by atoms with E-state index in [1.54, 1.807) is 0 Å². The van der Waals surface area contributed by atoms with E-state index in [0.717, 1.165) is 0 Å². The van der Waals surface area contributed by atoms with E-state index in [4.69, 9.17) is 5.73 Å². The highest BCUT2D eigenvalue weighted by molar-refractivity contribution is 7.89. The summed E-state index contributed by atoms with van der Waals surface area (Å²) < 4.78 is 26.2. The largest absolute Gasteiger partial charge is 0.326 e. The molecule has 1 saturated heterocycles. The van der Waals surface area contributed by atoms with Crippen LogP contribution in [0.1, 0.15) is 13.8 Å². The molecule has 1 aliphatic rings. The molecule has 0 aromatic heterocycles. The molecule has 1 unspecified atom stereocenters. The first kappa shape index (κ1) is 14.9. The summed E-state index contributed by atoms with van der Waals surface area (Å²) in [5.41, 5.74) is 5.53. The molecule has 1 aliphatic heterocycles. The summed E-state index contributed by atoms with van der Waals surface area (Å²) in [5, 5.41) is 10.6. The van der Waals surface area contributed by atoms with Crippen molar-refractivity contribution in [3.8, 4) is 0 Å². The van der Waals surface area contributed by atoms with Crippen molar-refractivity contribution in [1.82, 2.24) is 4.31 Å². The normalized spacial score (nSPS) is 22.9. The lowest BCUT2D eigenvalue weighted by Crippen LogP contribution is -2.35. The van der Waals surface area contributed by atoms with Gasteiger partial charge in [0.15, 0.2) is 0 Å². The number of hydrogen-bond donors (Lipinski definition) is 1.